The second-order valence-corrected chi connectivity index (χ2v) is 8.31. The SMILES string of the molecule is CCN(CCPCCC(OC)OC)CCPCCC(OC)OC. The molecule has 0 saturated carbocycles. The molecule has 2 atom stereocenters. The Morgan fingerprint density at radius 3 is 1.39 bits per heavy atom. The largest absolute Gasteiger partial charge is 0.356 e. The predicted octanol–water partition coefficient (Wildman–Crippen LogP) is 2.68. The van der Waals surface area contributed by atoms with Gasteiger partial charge in [-0.05, 0) is 31.2 Å². The summed E-state index contributed by atoms with van der Waals surface area (Å²) < 4.78 is 20.8. The average molecular weight is 369 g/mol. The zero-order valence-corrected chi connectivity index (χ0v) is 17.6. The summed E-state index contributed by atoms with van der Waals surface area (Å²) in [5.74, 6) is 0. The first kappa shape index (κ1) is 23.7. The van der Waals surface area contributed by atoms with Gasteiger partial charge in [0.15, 0.2) is 12.6 Å². The molecule has 0 amide bonds. The Morgan fingerprint density at radius 1 is 0.696 bits per heavy atom. The standard InChI is InChI=1S/C16H37NO4P2/c1-6-17(9-13-22-11-7-15(18-2)19-3)10-14-23-12-8-16(20-4)21-5/h15-16,22-23H,6-14H2,1-5H3. The third-order valence-corrected chi connectivity index (χ3v) is 6.26. The second-order valence-electron chi connectivity index (χ2n) is 5.31. The van der Waals surface area contributed by atoms with E-state index in [1.165, 1.54) is 37.7 Å². The minimum Gasteiger partial charge on any atom is -0.356 e. The van der Waals surface area contributed by atoms with E-state index in [1.807, 2.05) is 0 Å². The van der Waals surface area contributed by atoms with Gasteiger partial charge in [0.25, 0.3) is 0 Å². The van der Waals surface area contributed by atoms with Crippen LogP contribution in [0.15, 0.2) is 0 Å². The van der Waals surface area contributed by atoms with Crippen molar-refractivity contribution in [3.63, 3.8) is 0 Å². The Labute approximate surface area is 146 Å². The lowest BCUT2D eigenvalue weighted by molar-refractivity contribution is -0.102. The fourth-order valence-electron chi connectivity index (χ4n) is 2.26. The molecule has 0 aromatic carbocycles. The average Bonchev–Trinajstić information content (AvgIpc) is 2.59. The molecule has 0 bridgehead atoms. The highest BCUT2D eigenvalue weighted by atomic mass is 31.1. The van der Waals surface area contributed by atoms with Gasteiger partial charge in [-0.2, -0.15) is 0 Å². The molecule has 7 heteroatoms. The monoisotopic (exact) mass is 369 g/mol. The zero-order chi connectivity index (χ0) is 17.3. The van der Waals surface area contributed by atoms with Crippen molar-refractivity contribution >= 4 is 17.2 Å². The van der Waals surface area contributed by atoms with Crippen LogP contribution in [0.1, 0.15) is 19.8 Å². The van der Waals surface area contributed by atoms with E-state index >= 15 is 0 Å². The molecule has 2 unspecified atom stereocenters. The lowest BCUT2D eigenvalue weighted by atomic mass is 10.5. The normalized spacial score (nSPS) is 13.0. The summed E-state index contributed by atoms with van der Waals surface area (Å²) in [5, 5.41) is 0. The Balaban J connectivity index is 3.55. The third kappa shape index (κ3) is 13.6. The highest BCUT2D eigenvalue weighted by molar-refractivity contribution is 7.38. The van der Waals surface area contributed by atoms with Gasteiger partial charge in [-0.15, -0.1) is 17.2 Å². The Kier molecular flexibility index (Phi) is 18.0. The lowest BCUT2D eigenvalue weighted by Gasteiger charge is -2.21. The fraction of sp³-hybridized carbons (Fsp3) is 1.00. The highest BCUT2D eigenvalue weighted by Gasteiger charge is 2.06. The minimum atomic E-state index is -0.0333. The molecule has 0 aliphatic carbocycles. The van der Waals surface area contributed by atoms with Gasteiger partial charge in [0.2, 0.25) is 0 Å². The molecule has 0 rings (SSSR count). The van der Waals surface area contributed by atoms with Gasteiger partial charge in [0.1, 0.15) is 0 Å². The van der Waals surface area contributed by atoms with Gasteiger partial charge < -0.3 is 23.8 Å². The van der Waals surface area contributed by atoms with Crippen molar-refractivity contribution in [2.45, 2.75) is 32.3 Å². The van der Waals surface area contributed by atoms with Crippen LogP contribution < -0.4 is 0 Å². The highest BCUT2D eigenvalue weighted by Crippen LogP contribution is 2.16. The van der Waals surface area contributed by atoms with Gasteiger partial charge >= 0.3 is 0 Å². The molecule has 0 aliphatic rings. The molecule has 0 aromatic rings. The van der Waals surface area contributed by atoms with E-state index in [0.717, 1.165) is 36.5 Å². The lowest BCUT2D eigenvalue weighted by Crippen LogP contribution is -2.28. The maximum atomic E-state index is 5.21. The molecule has 0 saturated heterocycles. The van der Waals surface area contributed by atoms with Crippen LogP contribution in [-0.2, 0) is 18.9 Å². The first-order valence-electron chi connectivity index (χ1n) is 8.46. The summed E-state index contributed by atoms with van der Waals surface area (Å²) in [6.45, 7) is 5.82. The van der Waals surface area contributed by atoms with E-state index in [-0.39, 0.29) is 12.6 Å². The molecule has 0 radical (unpaired) electrons. The number of ether oxygens (including phenoxy) is 4. The molecule has 0 N–H and O–H groups in total. The van der Waals surface area contributed by atoms with Crippen molar-refractivity contribution in [2.24, 2.45) is 0 Å². The smallest absolute Gasteiger partial charge is 0.157 e. The molecule has 0 aromatic heterocycles. The first-order valence-corrected chi connectivity index (χ1v) is 11.3. The molecular weight excluding hydrogens is 332 g/mol. The molecule has 140 valence electrons. The van der Waals surface area contributed by atoms with E-state index in [9.17, 15) is 0 Å². The van der Waals surface area contributed by atoms with Crippen LogP contribution in [0.2, 0.25) is 0 Å². The van der Waals surface area contributed by atoms with Gasteiger partial charge in [-0.3, -0.25) is 0 Å². The molecule has 5 nitrogen and oxygen atoms in total. The zero-order valence-electron chi connectivity index (χ0n) is 15.6. The summed E-state index contributed by atoms with van der Waals surface area (Å²) in [7, 11) is 8.82. The van der Waals surface area contributed by atoms with Crippen molar-refractivity contribution in [1.82, 2.24) is 4.90 Å². The minimum absolute atomic E-state index is 0.0333. The van der Waals surface area contributed by atoms with Crippen LogP contribution in [0.4, 0.5) is 0 Å². The summed E-state index contributed by atoms with van der Waals surface area (Å²) in [5.41, 5.74) is 0. The number of hydrogen-bond donors (Lipinski definition) is 0. The third-order valence-electron chi connectivity index (χ3n) is 3.82. The van der Waals surface area contributed by atoms with Gasteiger partial charge in [-0.1, -0.05) is 6.92 Å². The molecule has 0 heterocycles. The summed E-state index contributed by atoms with van der Waals surface area (Å²) >= 11 is 0. The van der Waals surface area contributed by atoms with Crippen molar-refractivity contribution in [2.75, 3.05) is 72.7 Å². The van der Waals surface area contributed by atoms with Crippen LogP contribution >= 0.6 is 17.2 Å². The van der Waals surface area contributed by atoms with Crippen molar-refractivity contribution in [3.8, 4) is 0 Å². The number of rotatable bonds is 17. The molecule has 0 aliphatic heterocycles. The van der Waals surface area contributed by atoms with Crippen molar-refractivity contribution in [3.05, 3.63) is 0 Å². The van der Waals surface area contributed by atoms with Crippen LogP contribution in [0.25, 0.3) is 0 Å². The Morgan fingerprint density at radius 2 is 1.09 bits per heavy atom. The van der Waals surface area contributed by atoms with Crippen LogP contribution in [0.3, 0.4) is 0 Å². The topological polar surface area (TPSA) is 40.2 Å². The number of nitrogens with zero attached hydrogens (tertiary/aromatic N) is 1. The molecule has 0 fully saturated rings. The number of methoxy groups -OCH3 is 4. The molecular formula is C16H37NO4P2. The predicted molar refractivity (Wildman–Crippen MR) is 103 cm³/mol. The van der Waals surface area contributed by atoms with Gasteiger partial charge in [0.05, 0.1) is 0 Å². The molecule has 23 heavy (non-hydrogen) atoms. The van der Waals surface area contributed by atoms with Gasteiger partial charge in [-0.25, -0.2) is 0 Å². The van der Waals surface area contributed by atoms with E-state index in [1.54, 1.807) is 28.4 Å². The summed E-state index contributed by atoms with van der Waals surface area (Å²) in [6.07, 6.45) is 6.89. The van der Waals surface area contributed by atoms with Crippen LogP contribution in [-0.4, -0.2) is 90.2 Å². The quantitative estimate of drug-likeness (QED) is 0.224. The summed E-state index contributed by atoms with van der Waals surface area (Å²) in [4.78, 5) is 2.56. The Hall–Kier alpha value is 0.660. The molecule has 0 spiro atoms. The van der Waals surface area contributed by atoms with E-state index in [2.05, 4.69) is 11.8 Å². The van der Waals surface area contributed by atoms with Gasteiger partial charge in [0, 0.05) is 54.4 Å². The number of hydrogen-bond acceptors (Lipinski definition) is 5. The van der Waals surface area contributed by atoms with Crippen LogP contribution in [0, 0.1) is 0 Å². The van der Waals surface area contributed by atoms with Crippen LogP contribution in [0.5, 0.6) is 0 Å². The fourth-order valence-corrected chi connectivity index (χ4v) is 4.58. The maximum absolute atomic E-state index is 5.21. The van der Waals surface area contributed by atoms with Crippen molar-refractivity contribution < 1.29 is 18.9 Å². The van der Waals surface area contributed by atoms with E-state index < -0.39 is 0 Å². The maximum Gasteiger partial charge on any atom is 0.157 e. The van der Waals surface area contributed by atoms with Crippen molar-refractivity contribution in [1.29, 1.82) is 0 Å². The van der Waals surface area contributed by atoms with E-state index in [0.29, 0.717) is 0 Å². The Bertz CT molecular complexity index is 220. The van der Waals surface area contributed by atoms with E-state index in [4.69, 9.17) is 18.9 Å². The first-order chi connectivity index (χ1) is 11.2. The summed E-state index contributed by atoms with van der Waals surface area (Å²) in [6, 6.07) is 0. The second kappa shape index (κ2) is 17.5.